The summed E-state index contributed by atoms with van der Waals surface area (Å²) in [7, 11) is 3.07. The average molecular weight is 375 g/mol. The van der Waals surface area contributed by atoms with E-state index >= 15 is 0 Å². The molecule has 3 rings (SSSR count). The second-order valence-electron chi connectivity index (χ2n) is 5.18. The third kappa shape index (κ3) is 2.68. The molecule has 118 valence electrons. The van der Waals surface area contributed by atoms with Crippen molar-refractivity contribution in [3.8, 4) is 0 Å². The van der Waals surface area contributed by atoms with Gasteiger partial charge in [-0.3, -0.25) is 13.9 Å². The van der Waals surface area contributed by atoms with Gasteiger partial charge in [0.15, 0.2) is 15.9 Å². The Hall–Kier alpha value is -2.41. The molecule has 0 N–H and O–H groups in total. The lowest BCUT2D eigenvalue weighted by atomic mass is 10.2. The summed E-state index contributed by atoms with van der Waals surface area (Å²) < 4.78 is 4.73. The third-order valence-electron chi connectivity index (χ3n) is 3.70. The van der Waals surface area contributed by atoms with Crippen molar-refractivity contribution < 1.29 is 0 Å². The summed E-state index contributed by atoms with van der Waals surface area (Å²) in [6.07, 6.45) is 3.93. The minimum absolute atomic E-state index is 0.352. The highest BCUT2D eigenvalue weighted by molar-refractivity contribution is 9.10. The van der Waals surface area contributed by atoms with E-state index in [2.05, 4.69) is 20.9 Å². The molecule has 0 aliphatic heterocycles. The number of benzene rings is 1. The molecule has 6 nitrogen and oxygen atoms in total. The monoisotopic (exact) mass is 374 g/mol. The molecule has 23 heavy (non-hydrogen) atoms. The first kappa shape index (κ1) is 15.5. The molecule has 3 aromatic rings. The number of aromatic nitrogens is 4. The van der Waals surface area contributed by atoms with Crippen molar-refractivity contribution in [2.75, 3.05) is 0 Å². The number of imidazole rings is 1. The molecular weight excluding hydrogens is 360 g/mol. The van der Waals surface area contributed by atoms with Gasteiger partial charge in [0.1, 0.15) is 0 Å². The Bertz CT molecular complexity index is 1010. The molecule has 2 heterocycles. The summed E-state index contributed by atoms with van der Waals surface area (Å²) in [5.74, 6) is 0. The van der Waals surface area contributed by atoms with E-state index in [-0.39, 0.29) is 11.2 Å². The Balaban J connectivity index is 2.08. The third-order valence-corrected chi connectivity index (χ3v) is 4.30. The Morgan fingerprint density at radius 3 is 2.52 bits per heavy atom. The number of aryl methyl sites for hydroxylation is 1. The predicted octanol–water partition coefficient (Wildman–Crippen LogP) is 1.91. The van der Waals surface area contributed by atoms with Crippen molar-refractivity contribution in [2.45, 2.75) is 6.54 Å². The summed E-state index contributed by atoms with van der Waals surface area (Å²) in [5, 5.41) is 0. The molecular formula is C16H15BrN4O2. The van der Waals surface area contributed by atoms with Crippen molar-refractivity contribution in [1.82, 2.24) is 18.7 Å². The normalized spacial score (nSPS) is 11.6. The van der Waals surface area contributed by atoms with Gasteiger partial charge in [-0.15, -0.1) is 0 Å². The van der Waals surface area contributed by atoms with E-state index in [9.17, 15) is 9.59 Å². The molecule has 0 saturated heterocycles. The highest BCUT2D eigenvalue weighted by Gasteiger charge is 2.16. The fraction of sp³-hybridized carbons (Fsp3) is 0.188. The average Bonchev–Trinajstić information content (AvgIpc) is 2.89. The van der Waals surface area contributed by atoms with Gasteiger partial charge in [-0.25, -0.2) is 9.78 Å². The molecule has 0 unspecified atom stereocenters. The lowest BCUT2D eigenvalue weighted by Crippen LogP contribution is -2.37. The summed E-state index contributed by atoms with van der Waals surface area (Å²) in [6.45, 7) is 0.472. The van der Waals surface area contributed by atoms with Gasteiger partial charge in [0.2, 0.25) is 0 Å². The molecule has 7 heteroatoms. The van der Waals surface area contributed by atoms with Crippen LogP contribution < -0.4 is 11.2 Å². The minimum atomic E-state index is -0.389. The van der Waals surface area contributed by atoms with Crippen molar-refractivity contribution in [3.05, 3.63) is 67.5 Å². The Morgan fingerprint density at radius 1 is 1.13 bits per heavy atom. The predicted molar refractivity (Wildman–Crippen MR) is 93.4 cm³/mol. The largest absolute Gasteiger partial charge is 0.332 e. The highest BCUT2D eigenvalue weighted by Crippen LogP contribution is 2.16. The van der Waals surface area contributed by atoms with Gasteiger partial charge in [0.05, 0.1) is 0 Å². The molecule has 0 spiro atoms. The first-order chi connectivity index (χ1) is 11.0. The van der Waals surface area contributed by atoms with E-state index in [1.165, 1.54) is 11.6 Å². The van der Waals surface area contributed by atoms with E-state index in [4.69, 9.17) is 0 Å². The summed E-state index contributed by atoms with van der Waals surface area (Å²) in [4.78, 5) is 28.7. The quantitative estimate of drug-likeness (QED) is 0.657. The van der Waals surface area contributed by atoms with Crippen LogP contribution in [0.15, 0.2) is 50.7 Å². The fourth-order valence-electron chi connectivity index (χ4n) is 2.44. The van der Waals surface area contributed by atoms with Crippen molar-refractivity contribution >= 4 is 33.2 Å². The first-order valence-corrected chi connectivity index (χ1v) is 7.83. The smallest absolute Gasteiger partial charge is 0.309 e. The highest BCUT2D eigenvalue weighted by atomic mass is 79.9. The molecule has 0 fully saturated rings. The zero-order valence-corrected chi connectivity index (χ0v) is 14.3. The molecule has 0 radical (unpaired) electrons. The fourth-order valence-corrected chi connectivity index (χ4v) is 2.93. The van der Waals surface area contributed by atoms with Crippen LogP contribution in [0.2, 0.25) is 0 Å². The van der Waals surface area contributed by atoms with Crippen molar-refractivity contribution in [1.29, 1.82) is 0 Å². The lowest BCUT2D eigenvalue weighted by Gasteiger charge is -2.05. The van der Waals surface area contributed by atoms with Crippen LogP contribution >= 0.6 is 15.9 Å². The standard InChI is InChI=1S/C16H15BrN4O2/c1-19-13-12(14(22)20(2)16(19)23)21(15(17)18-13)10-6-9-11-7-4-3-5-8-11/h3-9H,10H2,1-2H3/b9-6+. The van der Waals surface area contributed by atoms with Gasteiger partial charge in [0.25, 0.3) is 5.56 Å². The maximum atomic E-state index is 12.4. The summed E-state index contributed by atoms with van der Waals surface area (Å²) in [6, 6.07) is 9.89. The summed E-state index contributed by atoms with van der Waals surface area (Å²) in [5.41, 5.74) is 1.11. The van der Waals surface area contributed by atoms with Gasteiger partial charge in [-0.2, -0.15) is 0 Å². The van der Waals surface area contributed by atoms with E-state index in [0.29, 0.717) is 22.4 Å². The maximum absolute atomic E-state index is 12.4. The molecule has 0 aliphatic rings. The lowest BCUT2D eigenvalue weighted by molar-refractivity contribution is 0.703. The summed E-state index contributed by atoms with van der Waals surface area (Å²) >= 11 is 3.37. The molecule has 1 aromatic carbocycles. The number of hydrogen-bond acceptors (Lipinski definition) is 3. The van der Waals surface area contributed by atoms with Crippen molar-refractivity contribution in [2.24, 2.45) is 14.1 Å². The maximum Gasteiger partial charge on any atom is 0.332 e. The Morgan fingerprint density at radius 2 is 1.83 bits per heavy atom. The van der Waals surface area contributed by atoms with Gasteiger partial charge in [-0.05, 0) is 21.5 Å². The van der Waals surface area contributed by atoms with Gasteiger partial charge in [0, 0.05) is 20.6 Å². The number of fused-ring (bicyclic) bond motifs is 1. The van der Waals surface area contributed by atoms with Gasteiger partial charge >= 0.3 is 5.69 Å². The minimum Gasteiger partial charge on any atom is -0.309 e. The molecule has 0 aliphatic carbocycles. The van der Waals surface area contributed by atoms with Gasteiger partial charge < -0.3 is 4.57 Å². The van der Waals surface area contributed by atoms with Crippen LogP contribution in [0.1, 0.15) is 5.56 Å². The van der Waals surface area contributed by atoms with Crippen LogP contribution in [0.4, 0.5) is 0 Å². The SMILES string of the molecule is Cn1c(=O)c2c(nc(Br)n2C/C=C/c2ccccc2)n(C)c1=O. The van der Waals surface area contributed by atoms with Crippen LogP contribution in [0.5, 0.6) is 0 Å². The van der Waals surface area contributed by atoms with Gasteiger partial charge in [-0.1, -0.05) is 42.5 Å². The number of nitrogens with zero attached hydrogens (tertiary/aromatic N) is 4. The second-order valence-corrected chi connectivity index (χ2v) is 5.89. The second kappa shape index (κ2) is 6.00. The molecule has 0 saturated carbocycles. The molecule has 0 bridgehead atoms. The van der Waals surface area contributed by atoms with Crippen LogP contribution in [0, 0.1) is 0 Å². The number of halogens is 1. The van der Waals surface area contributed by atoms with Crippen molar-refractivity contribution in [3.63, 3.8) is 0 Å². The Labute approximate surface area is 140 Å². The topological polar surface area (TPSA) is 61.8 Å². The molecule has 0 atom stereocenters. The Kier molecular flexibility index (Phi) is 4.04. The number of rotatable bonds is 3. The van der Waals surface area contributed by atoms with Crippen LogP contribution in [-0.2, 0) is 20.6 Å². The van der Waals surface area contributed by atoms with Crippen LogP contribution in [0.3, 0.4) is 0 Å². The van der Waals surface area contributed by atoms with E-state index in [0.717, 1.165) is 10.1 Å². The van der Waals surface area contributed by atoms with E-state index < -0.39 is 0 Å². The van der Waals surface area contributed by atoms with E-state index in [1.807, 2.05) is 42.5 Å². The first-order valence-electron chi connectivity index (χ1n) is 7.04. The number of allylic oxidation sites excluding steroid dienone is 1. The van der Waals surface area contributed by atoms with E-state index in [1.54, 1.807) is 11.6 Å². The zero-order chi connectivity index (χ0) is 16.6. The zero-order valence-electron chi connectivity index (χ0n) is 12.7. The van der Waals surface area contributed by atoms with Crippen LogP contribution in [0.25, 0.3) is 17.2 Å². The number of hydrogen-bond donors (Lipinski definition) is 0. The van der Waals surface area contributed by atoms with Crippen LogP contribution in [-0.4, -0.2) is 18.7 Å². The molecule has 0 amide bonds. The molecule has 2 aromatic heterocycles.